The van der Waals surface area contributed by atoms with Crippen LogP contribution >= 0.6 is 0 Å². The number of para-hydroxylation sites is 2. The summed E-state index contributed by atoms with van der Waals surface area (Å²) in [6.07, 6.45) is 3.62. The van der Waals surface area contributed by atoms with Gasteiger partial charge in [0.05, 0.1) is 19.2 Å². The molecule has 0 saturated carbocycles. The number of hydrogen-bond acceptors (Lipinski definition) is 11. The number of carbonyl (C=O) groups excluding carboxylic acids is 6. The fourth-order valence-corrected chi connectivity index (χ4v) is 12.0. The minimum atomic E-state index is -4.62. The molecule has 4 aliphatic heterocycles. The van der Waals surface area contributed by atoms with Crippen molar-refractivity contribution in [1.29, 1.82) is 0 Å². The Balaban J connectivity index is 0.947. The van der Waals surface area contributed by atoms with Gasteiger partial charge in [0, 0.05) is 66.5 Å². The number of Topliss-reactive ketones (excluding diaryl/α,β-unsaturated/α-hetero) is 1. The van der Waals surface area contributed by atoms with Gasteiger partial charge in [-0.1, -0.05) is 43.3 Å². The standard InChI is InChI=1S/C58H63N5O12S/c1-33-20-44-41(29-53(76(70,71)72)48-26-40-13-7-9-15-47(40)63(48)58(44)69)28-50(33)74-31-36-22-37(24-42(23-36)61-56(67)34(2)21-49(64)35(3)60-55(66)17-11-10-16-54(65)59-4)32-75-52-27-38-18-19-43-25-39-12-6-8-14-46(39)62(43)57(68)45(38)30-51(52)73-5/h6-9,12-15,20,22-24,27-28,30,34-35,43,48,53H,10-11,16-19,21,25-26,29,31-32H2,1-5H3,(H,59,65)(H,60,66)(H,61,67)(H,70,71,72)/t34-,35+,43-,48+,53?/m1/s1. The first-order chi connectivity index (χ1) is 36.4. The number of nitrogens with zero attached hydrogens (tertiary/aromatic N) is 2. The Kier molecular flexibility index (Phi) is 15.7. The van der Waals surface area contributed by atoms with E-state index >= 15 is 0 Å². The van der Waals surface area contributed by atoms with Gasteiger partial charge in [-0.05, 0) is 152 Å². The maximum atomic E-state index is 14.3. The minimum absolute atomic E-state index is 0.00319. The zero-order chi connectivity index (χ0) is 54.0. The molecule has 5 atom stereocenters. The summed E-state index contributed by atoms with van der Waals surface area (Å²) in [5.41, 5.74) is 7.80. The number of carbonyl (C=O) groups is 6. The van der Waals surface area contributed by atoms with E-state index in [2.05, 4.69) is 22.0 Å². The normalized spacial score (nSPS) is 18.1. The molecule has 9 rings (SSSR count). The number of ether oxygens (including phenoxy) is 3. The third-order valence-corrected chi connectivity index (χ3v) is 16.3. The third kappa shape index (κ3) is 11.3. The molecule has 0 saturated heterocycles. The van der Waals surface area contributed by atoms with Crippen LogP contribution in [0.2, 0.25) is 0 Å². The highest BCUT2D eigenvalue weighted by Gasteiger charge is 2.47. The Bertz CT molecular complexity index is 3250. The van der Waals surface area contributed by atoms with Gasteiger partial charge >= 0.3 is 0 Å². The van der Waals surface area contributed by atoms with Gasteiger partial charge in [-0.3, -0.25) is 33.3 Å². The van der Waals surface area contributed by atoms with Crippen molar-refractivity contribution in [2.75, 3.05) is 29.3 Å². The predicted octanol–water partition coefficient (Wildman–Crippen LogP) is 7.41. The number of rotatable bonds is 19. The van der Waals surface area contributed by atoms with Crippen LogP contribution in [0.4, 0.5) is 17.1 Å². The monoisotopic (exact) mass is 1050 g/mol. The van der Waals surface area contributed by atoms with E-state index in [1.165, 1.54) is 12.0 Å². The van der Waals surface area contributed by atoms with E-state index in [0.717, 1.165) is 35.2 Å². The van der Waals surface area contributed by atoms with Gasteiger partial charge in [0.2, 0.25) is 17.7 Å². The van der Waals surface area contributed by atoms with E-state index in [1.54, 1.807) is 70.3 Å². The van der Waals surface area contributed by atoms with Crippen LogP contribution in [0.15, 0.2) is 91.0 Å². The highest BCUT2D eigenvalue weighted by molar-refractivity contribution is 7.86. The molecular formula is C58H63N5O12S. The van der Waals surface area contributed by atoms with Crippen molar-refractivity contribution in [3.8, 4) is 17.2 Å². The Morgan fingerprint density at radius 2 is 1.33 bits per heavy atom. The van der Waals surface area contributed by atoms with Crippen molar-refractivity contribution in [2.24, 2.45) is 5.92 Å². The number of anilines is 3. The van der Waals surface area contributed by atoms with Gasteiger partial charge in [-0.25, -0.2) is 0 Å². The predicted molar refractivity (Wildman–Crippen MR) is 286 cm³/mol. The molecule has 0 bridgehead atoms. The number of aryl methyl sites for hydroxylation is 2. The molecule has 76 heavy (non-hydrogen) atoms. The summed E-state index contributed by atoms with van der Waals surface area (Å²) < 4.78 is 55.3. The van der Waals surface area contributed by atoms with Crippen LogP contribution in [0.25, 0.3) is 0 Å². The Labute approximate surface area is 442 Å². The molecule has 5 aromatic rings. The molecule has 0 fully saturated rings. The van der Waals surface area contributed by atoms with E-state index < -0.39 is 39.3 Å². The molecule has 0 spiro atoms. The number of benzene rings is 5. The lowest BCUT2D eigenvalue weighted by Gasteiger charge is -2.27. The highest BCUT2D eigenvalue weighted by atomic mass is 32.2. The summed E-state index contributed by atoms with van der Waals surface area (Å²) in [6, 6.07) is 25.8. The summed E-state index contributed by atoms with van der Waals surface area (Å²) >= 11 is 0. The summed E-state index contributed by atoms with van der Waals surface area (Å²) in [7, 11) is -1.55. The van der Waals surface area contributed by atoms with Gasteiger partial charge < -0.3 is 40.0 Å². The molecular weight excluding hydrogens is 991 g/mol. The molecule has 4 heterocycles. The summed E-state index contributed by atoms with van der Waals surface area (Å²) in [5, 5.41) is 6.90. The average Bonchev–Trinajstić information content (AvgIpc) is 3.97. The van der Waals surface area contributed by atoms with Crippen LogP contribution in [-0.2, 0) is 68.2 Å². The van der Waals surface area contributed by atoms with Crippen LogP contribution in [-0.4, -0.2) is 85.8 Å². The molecule has 398 valence electrons. The quantitative estimate of drug-likeness (QED) is 0.0469. The molecule has 17 nitrogen and oxygen atoms in total. The number of unbranched alkanes of at least 4 members (excludes halogenated alkanes) is 1. The van der Waals surface area contributed by atoms with Crippen LogP contribution in [0.3, 0.4) is 0 Å². The second kappa shape index (κ2) is 22.3. The fraction of sp³-hybridized carbons (Fsp3) is 0.379. The van der Waals surface area contributed by atoms with Gasteiger partial charge in [0.25, 0.3) is 21.9 Å². The van der Waals surface area contributed by atoms with Crippen LogP contribution < -0.4 is 40.0 Å². The summed E-state index contributed by atoms with van der Waals surface area (Å²) in [6.45, 7) is 4.93. The minimum Gasteiger partial charge on any atom is -0.493 e. The number of methoxy groups -OCH3 is 1. The zero-order valence-electron chi connectivity index (χ0n) is 43.3. The van der Waals surface area contributed by atoms with E-state index in [0.29, 0.717) is 87.7 Å². The Morgan fingerprint density at radius 1 is 0.724 bits per heavy atom. The van der Waals surface area contributed by atoms with E-state index in [9.17, 15) is 41.7 Å². The SMILES string of the molecule is CNC(=O)CCCCC(=O)N[C@@H](C)C(=O)C[C@@H](C)C(=O)Nc1cc(COc2cc3c(cc2C)C(=O)N2c4ccccc4C[C@H]2C(S(=O)(=O)O)C3)cc(COc2cc3c(cc2OC)C(=O)N2c4ccccc4C[C@H]2CC3)c1. The first-order valence-electron chi connectivity index (χ1n) is 25.8. The highest BCUT2D eigenvalue weighted by Crippen LogP contribution is 2.43. The maximum absolute atomic E-state index is 14.3. The Hall–Kier alpha value is -7.57. The second-order valence-corrected chi connectivity index (χ2v) is 21.9. The molecule has 4 aliphatic rings. The van der Waals surface area contributed by atoms with Crippen LogP contribution in [0.1, 0.15) is 112 Å². The van der Waals surface area contributed by atoms with Crippen molar-refractivity contribution in [3.05, 3.63) is 141 Å². The van der Waals surface area contributed by atoms with Crippen molar-refractivity contribution in [3.63, 3.8) is 0 Å². The van der Waals surface area contributed by atoms with Crippen LogP contribution in [0.5, 0.6) is 17.2 Å². The fourth-order valence-electron chi connectivity index (χ4n) is 11.0. The van der Waals surface area contributed by atoms with Gasteiger partial charge in [-0.15, -0.1) is 0 Å². The number of fused-ring (bicyclic) bond motifs is 8. The topological polar surface area (TPSA) is 227 Å². The number of ketones is 1. The molecule has 4 N–H and O–H groups in total. The molecule has 5 amide bonds. The van der Waals surface area contributed by atoms with Gasteiger partial charge in [-0.2, -0.15) is 8.42 Å². The largest absolute Gasteiger partial charge is 0.493 e. The van der Waals surface area contributed by atoms with E-state index in [1.807, 2.05) is 47.4 Å². The van der Waals surface area contributed by atoms with Crippen molar-refractivity contribution >= 4 is 62.5 Å². The smallest absolute Gasteiger partial charge is 0.270 e. The van der Waals surface area contributed by atoms with Gasteiger partial charge in [0.1, 0.15) is 24.2 Å². The van der Waals surface area contributed by atoms with Crippen molar-refractivity contribution < 1.29 is 55.9 Å². The number of amides is 5. The lowest BCUT2D eigenvalue weighted by molar-refractivity contribution is -0.129. The summed E-state index contributed by atoms with van der Waals surface area (Å²) in [4.78, 5) is 83.1. The lowest BCUT2D eigenvalue weighted by atomic mass is 9.97. The molecule has 0 aromatic heterocycles. The van der Waals surface area contributed by atoms with Crippen molar-refractivity contribution in [1.82, 2.24) is 10.6 Å². The van der Waals surface area contributed by atoms with E-state index in [4.69, 9.17) is 14.2 Å². The van der Waals surface area contributed by atoms with Crippen molar-refractivity contribution in [2.45, 2.75) is 122 Å². The first kappa shape index (κ1) is 53.3. The molecule has 18 heteroatoms. The Morgan fingerprint density at radius 3 is 2.00 bits per heavy atom. The molecule has 0 radical (unpaired) electrons. The van der Waals surface area contributed by atoms with E-state index in [-0.39, 0.29) is 74.4 Å². The molecule has 1 unspecified atom stereocenters. The number of hydrogen-bond donors (Lipinski definition) is 4. The summed E-state index contributed by atoms with van der Waals surface area (Å²) in [5.74, 6) is -1.31. The zero-order valence-corrected chi connectivity index (χ0v) is 44.1. The molecule has 5 aromatic carbocycles. The lowest BCUT2D eigenvalue weighted by Crippen LogP contribution is -2.47. The average molecular weight is 1050 g/mol. The molecule has 0 aliphatic carbocycles. The maximum Gasteiger partial charge on any atom is 0.270 e. The third-order valence-electron chi connectivity index (χ3n) is 15.0. The first-order valence-corrected chi connectivity index (χ1v) is 27.3. The second-order valence-electron chi connectivity index (χ2n) is 20.3. The van der Waals surface area contributed by atoms with Gasteiger partial charge in [0.15, 0.2) is 17.3 Å². The number of nitrogens with one attached hydrogen (secondary N) is 3. The van der Waals surface area contributed by atoms with Crippen LogP contribution in [0, 0.1) is 12.8 Å².